The van der Waals surface area contributed by atoms with Crippen molar-refractivity contribution in [3.8, 4) is 11.4 Å². The van der Waals surface area contributed by atoms with Gasteiger partial charge in [0.1, 0.15) is 11.7 Å². The molecule has 7 nitrogen and oxygen atoms in total. The standard InChI is InChI=1S/C24H28ClN5O2/c1-15-14-32-12-11-29(15)23-18-8-10-30(20(31)13-25)24(2,3)21(18)27-22(28-23)17-5-4-6-19-16(17)7-9-26-19/h4-7,9,15,26H,8,10-14H2,1-3H3. The summed E-state index contributed by atoms with van der Waals surface area (Å²) in [6.07, 6.45) is 2.64. The number of anilines is 1. The molecule has 1 unspecified atom stereocenters. The van der Waals surface area contributed by atoms with E-state index in [4.69, 9.17) is 26.3 Å². The van der Waals surface area contributed by atoms with E-state index in [-0.39, 0.29) is 17.8 Å². The van der Waals surface area contributed by atoms with Gasteiger partial charge in [-0.2, -0.15) is 0 Å². The lowest BCUT2D eigenvalue weighted by atomic mass is 9.87. The van der Waals surface area contributed by atoms with Crippen LogP contribution < -0.4 is 4.90 Å². The Bertz CT molecular complexity index is 1170. The molecule has 32 heavy (non-hydrogen) atoms. The molecule has 0 bridgehead atoms. The van der Waals surface area contributed by atoms with Crippen molar-refractivity contribution in [3.63, 3.8) is 0 Å². The predicted octanol–water partition coefficient (Wildman–Crippen LogP) is 3.71. The number of halogens is 1. The molecule has 5 rings (SSSR count). The van der Waals surface area contributed by atoms with E-state index in [9.17, 15) is 4.79 Å². The highest BCUT2D eigenvalue weighted by atomic mass is 35.5. The smallest absolute Gasteiger partial charge is 0.238 e. The molecule has 0 saturated carbocycles. The number of aromatic amines is 1. The van der Waals surface area contributed by atoms with Crippen molar-refractivity contribution in [3.05, 3.63) is 41.7 Å². The van der Waals surface area contributed by atoms with Gasteiger partial charge in [-0.25, -0.2) is 9.97 Å². The molecular formula is C24H28ClN5O2. The van der Waals surface area contributed by atoms with E-state index in [1.165, 1.54) is 0 Å². The number of nitrogens with one attached hydrogen (secondary N) is 1. The number of amides is 1. The summed E-state index contributed by atoms with van der Waals surface area (Å²) in [6.45, 7) is 8.99. The lowest BCUT2D eigenvalue weighted by Gasteiger charge is -2.44. The van der Waals surface area contributed by atoms with E-state index in [1.54, 1.807) is 0 Å². The molecule has 1 amide bonds. The Labute approximate surface area is 192 Å². The van der Waals surface area contributed by atoms with E-state index in [0.29, 0.717) is 32.0 Å². The Morgan fingerprint density at radius 2 is 2.12 bits per heavy atom. The van der Waals surface area contributed by atoms with Crippen molar-refractivity contribution < 1.29 is 9.53 Å². The third-order valence-electron chi connectivity index (χ3n) is 6.72. The molecule has 1 aromatic carbocycles. The van der Waals surface area contributed by atoms with E-state index in [2.05, 4.69) is 42.8 Å². The van der Waals surface area contributed by atoms with Crippen molar-refractivity contribution in [2.24, 2.45) is 0 Å². The van der Waals surface area contributed by atoms with Crippen LogP contribution in [0, 0.1) is 0 Å². The average molecular weight is 454 g/mol. The molecule has 2 aromatic heterocycles. The third kappa shape index (κ3) is 3.35. The molecule has 1 saturated heterocycles. The summed E-state index contributed by atoms with van der Waals surface area (Å²) in [5.74, 6) is 1.53. The first-order chi connectivity index (χ1) is 15.4. The van der Waals surface area contributed by atoms with Gasteiger partial charge in [-0.3, -0.25) is 4.79 Å². The molecular weight excluding hydrogens is 426 g/mol. The van der Waals surface area contributed by atoms with Crippen molar-refractivity contribution in [1.29, 1.82) is 0 Å². The van der Waals surface area contributed by atoms with E-state index >= 15 is 0 Å². The van der Waals surface area contributed by atoms with Crippen LogP contribution in [-0.4, -0.2) is 64.0 Å². The molecule has 2 aliphatic rings. The summed E-state index contributed by atoms with van der Waals surface area (Å²) in [7, 11) is 0. The van der Waals surface area contributed by atoms with Crippen LogP contribution in [0.4, 0.5) is 5.82 Å². The van der Waals surface area contributed by atoms with Crippen LogP contribution in [0.1, 0.15) is 32.0 Å². The number of ether oxygens (including phenoxy) is 1. The first-order valence-electron chi connectivity index (χ1n) is 11.1. The van der Waals surface area contributed by atoms with Gasteiger partial charge in [0, 0.05) is 41.3 Å². The highest BCUT2D eigenvalue weighted by Gasteiger charge is 2.41. The highest BCUT2D eigenvalue weighted by Crippen LogP contribution is 2.40. The first kappa shape index (κ1) is 21.2. The third-order valence-corrected chi connectivity index (χ3v) is 6.94. The van der Waals surface area contributed by atoms with Crippen LogP contribution >= 0.6 is 11.6 Å². The average Bonchev–Trinajstić information content (AvgIpc) is 3.27. The van der Waals surface area contributed by atoms with Gasteiger partial charge >= 0.3 is 0 Å². The number of hydrogen-bond donors (Lipinski definition) is 1. The molecule has 1 fully saturated rings. The molecule has 0 radical (unpaired) electrons. The minimum atomic E-state index is -0.590. The molecule has 168 valence electrons. The number of alkyl halides is 1. The molecule has 8 heteroatoms. The second kappa shape index (κ2) is 8.05. The Kier molecular flexibility index (Phi) is 5.34. The maximum atomic E-state index is 12.6. The SMILES string of the molecule is CC1COCCN1c1nc(-c2cccc3[nH]ccc23)nc2c1CCN(C(=O)CCl)C2(C)C. The zero-order valence-corrected chi connectivity index (χ0v) is 19.4. The molecule has 1 N–H and O–H groups in total. The Morgan fingerprint density at radius 3 is 2.91 bits per heavy atom. The molecule has 0 spiro atoms. The number of morpholine rings is 1. The van der Waals surface area contributed by atoms with Gasteiger partial charge in [0.15, 0.2) is 5.82 Å². The van der Waals surface area contributed by atoms with Gasteiger partial charge in [-0.1, -0.05) is 12.1 Å². The molecule has 4 heterocycles. The Morgan fingerprint density at radius 1 is 1.28 bits per heavy atom. The number of H-pyrrole nitrogens is 1. The van der Waals surface area contributed by atoms with Crippen molar-refractivity contribution in [1.82, 2.24) is 19.9 Å². The van der Waals surface area contributed by atoms with E-state index < -0.39 is 5.54 Å². The summed E-state index contributed by atoms with van der Waals surface area (Å²) in [5, 5.41) is 1.08. The zero-order chi connectivity index (χ0) is 22.5. The second-order valence-corrected chi connectivity index (χ2v) is 9.32. The van der Waals surface area contributed by atoms with Crippen LogP contribution in [0.25, 0.3) is 22.3 Å². The van der Waals surface area contributed by atoms with Crippen molar-refractivity contribution in [2.75, 3.05) is 37.1 Å². The molecule has 3 aromatic rings. The number of carbonyl (C=O) groups is 1. The molecule has 1 atom stereocenters. The highest BCUT2D eigenvalue weighted by molar-refractivity contribution is 6.27. The number of carbonyl (C=O) groups excluding carboxylic acids is 1. The zero-order valence-electron chi connectivity index (χ0n) is 18.7. The van der Waals surface area contributed by atoms with Gasteiger partial charge in [0.2, 0.25) is 5.91 Å². The van der Waals surface area contributed by atoms with Crippen molar-refractivity contribution >= 4 is 34.2 Å². The van der Waals surface area contributed by atoms with Crippen LogP contribution in [-0.2, 0) is 21.5 Å². The normalized spacial score (nSPS) is 20.4. The summed E-state index contributed by atoms with van der Waals surface area (Å²) >= 11 is 5.94. The minimum Gasteiger partial charge on any atom is -0.377 e. The molecule has 2 aliphatic heterocycles. The quantitative estimate of drug-likeness (QED) is 0.612. The van der Waals surface area contributed by atoms with Crippen LogP contribution in [0.2, 0.25) is 0 Å². The van der Waals surface area contributed by atoms with Crippen LogP contribution in [0.15, 0.2) is 30.5 Å². The summed E-state index contributed by atoms with van der Waals surface area (Å²) < 4.78 is 5.69. The Balaban J connectivity index is 1.74. The maximum absolute atomic E-state index is 12.6. The van der Waals surface area contributed by atoms with Crippen molar-refractivity contribution in [2.45, 2.75) is 38.8 Å². The topological polar surface area (TPSA) is 74.3 Å². The van der Waals surface area contributed by atoms with Crippen LogP contribution in [0.3, 0.4) is 0 Å². The lowest BCUT2D eigenvalue weighted by molar-refractivity contribution is -0.134. The minimum absolute atomic E-state index is 0.0350. The fourth-order valence-corrected chi connectivity index (χ4v) is 5.17. The number of fused-ring (bicyclic) bond motifs is 2. The van der Waals surface area contributed by atoms with Gasteiger partial charge in [-0.15, -0.1) is 11.6 Å². The molecule has 0 aliphatic carbocycles. The monoisotopic (exact) mass is 453 g/mol. The van der Waals surface area contributed by atoms with Crippen LogP contribution in [0.5, 0.6) is 0 Å². The second-order valence-electron chi connectivity index (χ2n) is 9.05. The number of rotatable bonds is 3. The van der Waals surface area contributed by atoms with E-state index in [0.717, 1.165) is 40.1 Å². The Hall–Kier alpha value is -2.64. The van der Waals surface area contributed by atoms with Gasteiger partial charge < -0.3 is 19.5 Å². The number of benzene rings is 1. The van der Waals surface area contributed by atoms with E-state index in [1.807, 2.05) is 23.2 Å². The largest absolute Gasteiger partial charge is 0.377 e. The van der Waals surface area contributed by atoms with Gasteiger partial charge in [0.25, 0.3) is 0 Å². The summed E-state index contributed by atoms with van der Waals surface area (Å²) in [6, 6.07) is 8.39. The van der Waals surface area contributed by atoms with Gasteiger partial charge in [-0.05, 0) is 39.3 Å². The predicted molar refractivity (Wildman–Crippen MR) is 126 cm³/mol. The lowest BCUT2D eigenvalue weighted by Crippen LogP contribution is -2.52. The number of aromatic nitrogens is 3. The number of nitrogens with zero attached hydrogens (tertiary/aromatic N) is 4. The fraction of sp³-hybridized carbons (Fsp3) is 0.458. The summed E-state index contributed by atoms with van der Waals surface area (Å²) in [5.41, 5.74) is 3.45. The number of hydrogen-bond acceptors (Lipinski definition) is 5. The maximum Gasteiger partial charge on any atom is 0.238 e. The fourth-order valence-electron chi connectivity index (χ4n) is 5.03. The van der Waals surface area contributed by atoms with Gasteiger partial charge in [0.05, 0.1) is 30.5 Å². The summed E-state index contributed by atoms with van der Waals surface area (Å²) in [4.78, 5) is 30.3. The first-order valence-corrected chi connectivity index (χ1v) is 11.6.